The van der Waals surface area contributed by atoms with Gasteiger partial charge in [-0.05, 0) is 42.7 Å². The summed E-state index contributed by atoms with van der Waals surface area (Å²) >= 11 is 0. The van der Waals surface area contributed by atoms with E-state index in [1.165, 1.54) is 11.1 Å². The van der Waals surface area contributed by atoms with Crippen molar-refractivity contribution in [2.45, 2.75) is 64.1 Å². The van der Waals surface area contributed by atoms with E-state index in [9.17, 15) is 5.11 Å². The molecule has 0 bridgehead atoms. The zero-order valence-corrected chi connectivity index (χ0v) is 11.5. The SMILES string of the molecule is CC(C)c1ccc(CNC2CCC(O)CC2)cc1. The molecule has 1 fully saturated rings. The first kappa shape index (κ1) is 13.6. The molecule has 2 rings (SSSR count). The molecule has 0 heterocycles. The minimum atomic E-state index is -0.0617. The second-order valence-corrected chi connectivity index (χ2v) is 5.78. The van der Waals surface area contributed by atoms with E-state index in [0.717, 1.165) is 32.2 Å². The zero-order chi connectivity index (χ0) is 13.0. The van der Waals surface area contributed by atoms with E-state index in [0.29, 0.717) is 12.0 Å². The van der Waals surface area contributed by atoms with Gasteiger partial charge >= 0.3 is 0 Å². The van der Waals surface area contributed by atoms with Crippen LogP contribution in [0, 0.1) is 0 Å². The van der Waals surface area contributed by atoms with Gasteiger partial charge in [0.2, 0.25) is 0 Å². The zero-order valence-electron chi connectivity index (χ0n) is 11.5. The van der Waals surface area contributed by atoms with Gasteiger partial charge in [-0.15, -0.1) is 0 Å². The fourth-order valence-corrected chi connectivity index (χ4v) is 2.56. The molecule has 0 radical (unpaired) electrons. The smallest absolute Gasteiger partial charge is 0.0541 e. The van der Waals surface area contributed by atoms with Crippen molar-refractivity contribution in [3.63, 3.8) is 0 Å². The van der Waals surface area contributed by atoms with E-state index < -0.39 is 0 Å². The molecule has 1 aliphatic carbocycles. The second-order valence-electron chi connectivity index (χ2n) is 5.78. The summed E-state index contributed by atoms with van der Waals surface area (Å²) in [5, 5.41) is 13.1. The third kappa shape index (κ3) is 3.82. The van der Waals surface area contributed by atoms with E-state index in [1.54, 1.807) is 0 Å². The van der Waals surface area contributed by atoms with Crippen LogP contribution in [0.5, 0.6) is 0 Å². The fourth-order valence-electron chi connectivity index (χ4n) is 2.56. The number of aliphatic hydroxyl groups excluding tert-OH is 1. The number of nitrogens with one attached hydrogen (secondary N) is 1. The summed E-state index contributed by atoms with van der Waals surface area (Å²) in [7, 11) is 0. The lowest BCUT2D eigenvalue weighted by atomic mass is 9.93. The van der Waals surface area contributed by atoms with Gasteiger partial charge in [0.1, 0.15) is 0 Å². The topological polar surface area (TPSA) is 32.3 Å². The van der Waals surface area contributed by atoms with Gasteiger partial charge in [0.15, 0.2) is 0 Å². The first-order valence-electron chi connectivity index (χ1n) is 7.15. The standard InChI is InChI=1S/C16H25NO/c1-12(2)14-5-3-13(4-6-14)11-17-15-7-9-16(18)10-8-15/h3-6,12,15-18H,7-11H2,1-2H3. The van der Waals surface area contributed by atoms with Crippen LogP contribution in [-0.4, -0.2) is 17.3 Å². The van der Waals surface area contributed by atoms with Gasteiger partial charge in [-0.25, -0.2) is 0 Å². The minimum Gasteiger partial charge on any atom is -0.393 e. The maximum absolute atomic E-state index is 9.47. The van der Waals surface area contributed by atoms with Gasteiger partial charge in [-0.3, -0.25) is 0 Å². The monoisotopic (exact) mass is 247 g/mol. The van der Waals surface area contributed by atoms with Gasteiger partial charge in [-0.1, -0.05) is 38.1 Å². The van der Waals surface area contributed by atoms with Crippen LogP contribution in [-0.2, 0) is 6.54 Å². The molecule has 0 spiro atoms. The summed E-state index contributed by atoms with van der Waals surface area (Å²) < 4.78 is 0. The lowest BCUT2D eigenvalue weighted by Crippen LogP contribution is -2.34. The van der Waals surface area contributed by atoms with E-state index in [1.807, 2.05) is 0 Å². The average Bonchev–Trinajstić information content (AvgIpc) is 2.38. The minimum absolute atomic E-state index is 0.0617. The Kier molecular flexibility index (Phi) is 4.79. The van der Waals surface area contributed by atoms with Crippen LogP contribution < -0.4 is 5.32 Å². The Morgan fingerprint density at radius 1 is 1.11 bits per heavy atom. The summed E-state index contributed by atoms with van der Waals surface area (Å²) in [6.45, 7) is 5.39. The van der Waals surface area contributed by atoms with Crippen LogP contribution >= 0.6 is 0 Å². The molecule has 0 aliphatic heterocycles. The van der Waals surface area contributed by atoms with E-state index in [-0.39, 0.29) is 6.10 Å². The molecular weight excluding hydrogens is 222 g/mol. The van der Waals surface area contributed by atoms with Crippen LogP contribution in [0.15, 0.2) is 24.3 Å². The Morgan fingerprint density at radius 3 is 2.28 bits per heavy atom. The Hall–Kier alpha value is -0.860. The number of benzene rings is 1. The van der Waals surface area contributed by atoms with E-state index >= 15 is 0 Å². The highest BCUT2D eigenvalue weighted by molar-refractivity contribution is 5.24. The number of hydrogen-bond acceptors (Lipinski definition) is 2. The van der Waals surface area contributed by atoms with Gasteiger partial charge in [0.25, 0.3) is 0 Å². The summed E-state index contributed by atoms with van der Waals surface area (Å²) in [5.74, 6) is 0.604. The van der Waals surface area contributed by atoms with Gasteiger partial charge < -0.3 is 10.4 Å². The normalized spacial score (nSPS) is 24.4. The number of rotatable bonds is 4. The third-order valence-corrected chi connectivity index (χ3v) is 3.94. The lowest BCUT2D eigenvalue weighted by molar-refractivity contribution is 0.116. The van der Waals surface area contributed by atoms with Crippen LogP contribution in [0.3, 0.4) is 0 Å². The predicted octanol–water partition coefficient (Wildman–Crippen LogP) is 3.20. The molecule has 2 N–H and O–H groups in total. The van der Waals surface area contributed by atoms with Crippen molar-refractivity contribution in [2.75, 3.05) is 0 Å². The molecule has 1 aliphatic rings. The molecule has 1 saturated carbocycles. The molecule has 100 valence electrons. The largest absolute Gasteiger partial charge is 0.393 e. The number of hydrogen-bond donors (Lipinski definition) is 2. The van der Waals surface area contributed by atoms with Crippen molar-refractivity contribution < 1.29 is 5.11 Å². The van der Waals surface area contributed by atoms with Crippen molar-refractivity contribution in [1.82, 2.24) is 5.32 Å². The van der Waals surface area contributed by atoms with Crippen molar-refractivity contribution >= 4 is 0 Å². The van der Waals surface area contributed by atoms with E-state index in [2.05, 4.69) is 43.4 Å². The van der Waals surface area contributed by atoms with Crippen LogP contribution in [0.2, 0.25) is 0 Å². The summed E-state index contributed by atoms with van der Waals surface area (Å²) in [5.41, 5.74) is 2.75. The third-order valence-electron chi connectivity index (χ3n) is 3.94. The van der Waals surface area contributed by atoms with E-state index in [4.69, 9.17) is 0 Å². The quantitative estimate of drug-likeness (QED) is 0.856. The van der Waals surface area contributed by atoms with Gasteiger partial charge in [-0.2, -0.15) is 0 Å². The number of aliphatic hydroxyl groups is 1. The van der Waals surface area contributed by atoms with Crippen molar-refractivity contribution in [1.29, 1.82) is 0 Å². The molecule has 0 unspecified atom stereocenters. The maximum Gasteiger partial charge on any atom is 0.0541 e. The molecule has 0 saturated heterocycles. The molecular formula is C16H25NO. The molecule has 0 aromatic heterocycles. The van der Waals surface area contributed by atoms with Gasteiger partial charge in [0.05, 0.1) is 6.10 Å². The Labute approximate surface area is 110 Å². The molecule has 0 atom stereocenters. The van der Waals surface area contributed by atoms with Crippen molar-refractivity contribution in [3.05, 3.63) is 35.4 Å². The molecule has 1 aromatic carbocycles. The van der Waals surface area contributed by atoms with Gasteiger partial charge in [0, 0.05) is 12.6 Å². The molecule has 2 nitrogen and oxygen atoms in total. The highest BCUT2D eigenvalue weighted by Gasteiger charge is 2.18. The highest BCUT2D eigenvalue weighted by Crippen LogP contribution is 2.19. The fraction of sp³-hybridized carbons (Fsp3) is 0.625. The molecule has 18 heavy (non-hydrogen) atoms. The van der Waals surface area contributed by atoms with Crippen LogP contribution in [0.4, 0.5) is 0 Å². The van der Waals surface area contributed by atoms with Crippen molar-refractivity contribution in [3.8, 4) is 0 Å². The van der Waals surface area contributed by atoms with Crippen LogP contribution in [0.25, 0.3) is 0 Å². The Morgan fingerprint density at radius 2 is 1.72 bits per heavy atom. The first-order chi connectivity index (χ1) is 8.65. The Balaban J connectivity index is 1.79. The maximum atomic E-state index is 9.47. The van der Waals surface area contributed by atoms with Crippen molar-refractivity contribution in [2.24, 2.45) is 0 Å². The summed E-state index contributed by atoms with van der Waals surface area (Å²) in [6.07, 6.45) is 4.04. The first-order valence-corrected chi connectivity index (χ1v) is 7.15. The summed E-state index contributed by atoms with van der Waals surface area (Å²) in [6, 6.07) is 9.48. The van der Waals surface area contributed by atoms with Crippen LogP contribution in [0.1, 0.15) is 56.6 Å². The average molecular weight is 247 g/mol. The second kappa shape index (κ2) is 6.35. The summed E-state index contributed by atoms with van der Waals surface area (Å²) in [4.78, 5) is 0. The molecule has 2 heteroatoms. The highest BCUT2D eigenvalue weighted by atomic mass is 16.3. The molecule has 0 amide bonds. The lowest BCUT2D eigenvalue weighted by Gasteiger charge is -2.26. The molecule has 1 aromatic rings. The predicted molar refractivity (Wildman–Crippen MR) is 75.6 cm³/mol. The Bertz CT molecular complexity index is 350.